The topological polar surface area (TPSA) is 73.9 Å². The molecule has 2 rings (SSSR count). The molecule has 0 radical (unpaired) electrons. The van der Waals surface area contributed by atoms with Crippen LogP contribution in [0, 0.1) is 0 Å². The summed E-state index contributed by atoms with van der Waals surface area (Å²) in [6.45, 7) is 4.43. The summed E-state index contributed by atoms with van der Waals surface area (Å²) in [5.74, 6) is 0.354. The zero-order valence-corrected chi connectivity index (χ0v) is 15.7. The third-order valence-electron chi connectivity index (χ3n) is 3.65. The highest BCUT2D eigenvalue weighted by Crippen LogP contribution is 2.30. The average Bonchev–Trinajstić information content (AvgIpc) is 2.68. The van der Waals surface area contributed by atoms with E-state index in [1.165, 1.54) is 0 Å². The summed E-state index contributed by atoms with van der Waals surface area (Å²) in [4.78, 5) is 23.8. The number of esters is 1. The summed E-state index contributed by atoms with van der Waals surface area (Å²) < 4.78 is 16.0. The number of anilines is 1. The maximum atomic E-state index is 12.0. The van der Waals surface area contributed by atoms with Crippen molar-refractivity contribution in [1.29, 1.82) is 0 Å². The Morgan fingerprint density at radius 1 is 0.926 bits per heavy atom. The SMILES string of the molecule is CCOc1ccc(NC(=O)COC(=O)CCc2ccccc2)cc1OCC. The molecule has 6 heteroatoms. The predicted molar refractivity (Wildman–Crippen MR) is 103 cm³/mol. The van der Waals surface area contributed by atoms with E-state index in [-0.39, 0.29) is 13.0 Å². The van der Waals surface area contributed by atoms with E-state index in [2.05, 4.69) is 5.32 Å². The second-order valence-electron chi connectivity index (χ2n) is 5.72. The second-order valence-corrected chi connectivity index (χ2v) is 5.72. The highest BCUT2D eigenvalue weighted by atomic mass is 16.5. The van der Waals surface area contributed by atoms with Crippen LogP contribution < -0.4 is 14.8 Å². The van der Waals surface area contributed by atoms with Gasteiger partial charge in [0.2, 0.25) is 0 Å². The van der Waals surface area contributed by atoms with E-state index in [0.29, 0.717) is 36.8 Å². The molecule has 0 saturated carbocycles. The van der Waals surface area contributed by atoms with Crippen molar-refractivity contribution in [3.63, 3.8) is 0 Å². The van der Waals surface area contributed by atoms with Gasteiger partial charge in [-0.05, 0) is 38.0 Å². The molecule has 0 saturated heterocycles. The Morgan fingerprint density at radius 3 is 2.33 bits per heavy atom. The van der Waals surface area contributed by atoms with Crippen molar-refractivity contribution in [3.05, 3.63) is 54.1 Å². The summed E-state index contributed by atoms with van der Waals surface area (Å²) in [5, 5.41) is 2.69. The number of amides is 1. The minimum Gasteiger partial charge on any atom is -0.490 e. The monoisotopic (exact) mass is 371 g/mol. The van der Waals surface area contributed by atoms with Gasteiger partial charge in [-0.2, -0.15) is 0 Å². The van der Waals surface area contributed by atoms with Crippen molar-refractivity contribution >= 4 is 17.6 Å². The van der Waals surface area contributed by atoms with Gasteiger partial charge in [-0.15, -0.1) is 0 Å². The summed E-state index contributed by atoms with van der Waals surface area (Å²) >= 11 is 0. The molecule has 0 aliphatic carbocycles. The molecule has 144 valence electrons. The quantitative estimate of drug-likeness (QED) is 0.646. The fraction of sp³-hybridized carbons (Fsp3) is 0.333. The zero-order chi connectivity index (χ0) is 19.5. The minimum atomic E-state index is -0.408. The summed E-state index contributed by atoms with van der Waals surface area (Å²) in [6, 6.07) is 14.8. The van der Waals surface area contributed by atoms with Gasteiger partial charge in [0.05, 0.1) is 13.2 Å². The van der Waals surface area contributed by atoms with Crippen LogP contribution in [0.1, 0.15) is 25.8 Å². The Kier molecular flexibility index (Phi) is 8.16. The molecule has 6 nitrogen and oxygen atoms in total. The molecule has 0 spiro atoms. The summed E-state index contributed by atoms with van der Waals surface area (Å²) in [5.41, 5.74) is 1.60. The Labute approximate surface area is 159 Å². The van der Waals surface area contributed by atoms with Gasteiger partial charge in [-0.1, -0.05) is 30.3 Å². The number of rotatable bonds is 10. The molecule has 0 atom stereocenters. The van der Waals surface area contributed by atoms with Crippen LogP contribution in [-0.4, -0.2) is 31.7 Å². The van der Waals surface area contributed by atoms with Crippen molar-refractivity contribution < 1.29 is 23.8 Å². The van der Waals surface area contributed by atoms with Gasteiger partial charge in [0.15, 0.2) is 18.1 Å². The van der Waals surface area contributed by atoms with E-state index in [4.69, 9.17) is 14.2 Å². The molecule has 2 aromatic rings. The number of benzene rings is 2. The van der Waals surface area contributed by atoms with E-state index in [1.807, 2.05) is 44.2 Å². The van der Waals surface area contributed by atoms with Crippen molar-refractivity contribution in [1.82, 2.24) is 0 Å². The van der Waals surface area contributed by atoms with Crippen LogP contribution >= 0.6 is 0 Å². The van der Waals surface area contributed by atoms with Crippen molar-refractivity contribution in [3.8, 4) is 11.5 Å². The van der Waals surface area contributed by atoms with Crippen molar-refractivity contribution in [2.24, 2.45) is 0 Å². The lowest BCUT2D eigenvalue weighted by Gasteiger charge is -2.13. The minimum absolute atomic E-state index is 0.231. The van der Waals surface area contributed by atoms with Gasteiger partial charge < -0.3 is 19.5 Å². The van der Waals surface area contributed by atoms with E-state index in [1.54, 1.807) is 18.2 Å². The van der Waals surface area contributed by atoms with E-state index in [9.17, 15) is 9.59 Å². The van der Waals surface area contributed by atoms with Gasteiger partial charge >= 0.3 is 5.97 Å². The van der Waals surface area contributed by atoms with E-state index in [0.717, 1.165) is 5.56 Å². The van der Waals surface area contributed by atoms with Crippen molar-refractivity contribution in [2.45, 2.75) is 26.7 Å². The largest absolute Gasteiger partial charge is 0.490 e. The normalized spacial score (nSPS) is 10.1. The molecule has 0 aliphatic heterocycles. The number of aryl methyl sites for hydroxylation is 1. The van der Waals surface area contributed by atoms with Gasteiger partial charge in [0.25, 0.3) is 5.91 Å². The number of nitrogens with one attached hydrogen (secondary N) is 1. The maximum absolute atomic E-state index is 12.0. The van der Waals surface area contributed by atoms with Crippen LogP contribution in [0.5, 0.6) is 11.5 Å². The lowest BCUT2D eigenvalue weighted by Crippen LogP contribution is -2.21. The fourth-order valence-electron chi connectivity index (χ4n) is 2.44. The number of carbonyl (C=O) groups is 2. The Balaban J connectivity index is 1.80. The van der Waals surface area contributed by atoms with E-state index < -0.39 is 11.9 Å². The molecular weight excluding hydrogens is 346 g/mol. The van der Waals surface area contributed by atoms with Gasteiger partial charge in [0, 0.05) is 18.2 Å². The van der Waals surface area contributed by atoms with Crippen LogP contribution in [0.4, 0.5) is 5.69 Å². The molecule has 2 aromatic carbocycles. The molecule has 0 aromatic heterocycles. The Hall–Kier alpha value is -3.02. The Morgan fingerprint density at radius 2 is 1.63 bits per heavy atom. The molecule has 0 unspecified atom stereocenters. The van der Waals surface area contributed by atoms with Gasteiger partial charge in [-0.25, -0.2) is 0 Å². The number of carbonyl (C=O) groups excluding carboxylic acids is 2. The number of hydrogen-bond donors (Lipinski definition) is 1. The number of hydrogen-bond acceptors (Lipinski definition) is 5. The molecular formula is C21H25NO5. The lowest BCUT2D eigenvalue weighted by molar-refractivity contribution is -0.147. The smallest absolute Gasteiger partial charge is 0.306 e. The first-order chi connectivity index (χ1) is 13.1. The molecule has 0 bridgehead atoms. The maximum Gasteiger partial charge on any atom is 0.306 e. The lowest BCUT2D eigenvalue weighted by atomic mass is 10.1. The van der Waals surface area contributed by atoms with Crippen LogP contribution in [0.2, 0.25) is 0 Å². The summed E-state index contributed by atoms with van der Waals surface area (Å²) in [7, 11) is 0. The van der Waals surface area contributed by atoms with Crippen LogP contribution in [0.3, 0.4) is 0 Å². The van der Waals surface area contributed by atoms with Crippen LogP contribution in [-0.2, 0) is 20.7 Å². The summed E-state index contributed by atoms with van der Waals surface area (Å²) in [6.07, 6.45) is 0.812. The Bertz CT molecular complexity index is 745. The first-order valence-electron chi connectivity index (χ1n) is 9.01. The predicted octanol–water partition coefficient (Wildman–Crippen LogP) is 3.60. The van der Waals surface area contributed by atoms with Crippen molar-refractivity contribution in [2.75, 3.05) is 25.1 Å². The zero-order valence-electron chi connectivity index (χ0n) is 15.7. The molecule has 0 aliphatic rings. The highest BCUT2D eigenvalue weighted by molar-refractivity contribution is 5.93. The molecule has 0 heterocycles. The molecule has 27 heavy (non-hydrogen) atoms. The fourth-order valence-corrected chi connectivity index (χ4v) is 2.44. The third-order valence-corrected chi connectivity index (χ3v) is 3.65. The molecule has 1 N–H and O–H groups in total. The van der Waals surface area contributed by atoms with Gasteiger partial charge in [0.1, 0.15) is 0 Å². The van der Waals surface area contributed by atoms with E-state index >= 15 is 0 Å². The third kappa shape index (κ3) is 7.01. The van der Waals surface area contributed by atoms with Gasteiger partial charge in [-0.3, -0.25) is 9.59 Å². The highest BCUT2D eigenvalue weighted by Gasteiger charge is 2.11. The standard InChI is InChI=1S/C21H25NO5/c1-3-25-18-12-11-17(14-19(18)26-4-2)22-20(23)15-27-21(24)13-10-16-8-6-5-7-9-16/h5-9,11-12,14H,3-4,10,13,15H2,1-2H3,(H,22,23). The first kappa shape index (κ1) is 20.3. The average molecular weight is 371 g/mol. The molecule has 0 fully saturated rings. The number of ether oxygens (including phenoxy) is 3. The molecule has 1 amide bonds. The first-order valence-corrected chi connectivity index (χ1v) is 9.01. The second kappa shape index (κ2) is 10.9. The van der Waals surface area contributed by atoms with Crippen LogP contribution in [0.15, 0.2) is 48.5 Å². The van der Waals surface area contributed by atoms with Crippen LogP contribution in [0.25, 0.3) is 0 Å².